The average Bonchev–Trinajstić information content (AvgIpc) is 2.36. The van der Waals surface area contributed by atoms with Crippen LogP contribution in [0.3, 0.4) is 0 Å². The van der Waals surface area contributed by atoms with E-state index in [1.54, 1.807) is 19.2 Å². The van der Waals surface area contributed by atoms with Crippen molar-refractivity contribution in [2.45, 2.75) is 13.0 Å². The van der Waals surface area contributed by atoms with Gasteiger partial charge >= 0.3 is 0 Å². The molecule has 5 heteroatoms. The van der Waals surface area contributed by atoms with Gasteiger partial charge in [0, 0.05) is 20.5 Å². The summed E-state index contributed by atoms with van der Waals surface area (Å²) >= 11 is 0. The quantitative estimate of drug-likeness (QED) is 0.790. The van der Waals surface area contributed by atoms with Crippen LogP contribution >= 0.6 is 0 Å². The summed E-state index contributed by atoms with van der Waals surface area (Å²) in [6, 6.07) is 9.08. The minimum atomic E-state index is -0.738. The van der Waals surface area contributed by atoms with Crippen LogP contribution in [0.15, 0.2) is 30.3 Å². The van der Waals surface area contributed by atoms with Crippen molar-refractivity contribution in [3.8, 4) is 0 Å². The molecule has 0 aliphatic rings. The van der Waals surface area contributed by atoms with Crippen LogP contribution in [0.25, 0.3) is 0 Å². The predicted molar refractivity (Wildman–Crippen MR) is 67.7 cm³/mol. The Morgan fingerprint density at radius 2 is 1.94 bits per heavy atom. The molecule has 0 saturated heterocycles. The number of amides is 2. The maximum Gasteiger partial charge on any atom is 0.239 e. The van der Waals surface area contributed by atoms with Crippen LogP contribution in [0.4, 0.5) is 0 Å². The van der Waals surface area contributed by atoms with Crippen molar-refractivity contribution in [1.29, 1.82) is 0 Å². The molecule has 18 heavy (non-hydrogen) atoms. The van der Waals surface area contributed by atoms with Crippen LogP contribution in [-0.2, 0) is 9.59 Å². The molecule has 2 N–H and O–H groups in total. The molecule has 1 rings (SSSR count). The Bertz CT molecular complexity index is 406. The number of hydrogen-bond donors (Lipinski definition) is 2. The van der Waals surface area contributed by atoms with Gasteiger partial charge in [-0.05, 0) is 5.56 Å². The average molecular weight is 250 g/mol. The Morgan fingerprint density at radius 3 is 2.50 bits per heavy atom. The smallest absolute Gasteiger partial charge is 0.239 e. The van der Waals surface area contributed by atoms with Gasteiger partial charge < -0.3 is 15.3 Å². The van der Waals surface area contributed by atoms with Crippen molar-refractivity contribution < 1.29 is 14.7 Å². The molecule has 1 unspecified atom stereocenters. The Labute approximate surface area is 106 Å². The molecule has 0 aliphatic carbocycles. The number of benzene rings is 1. The fourth-order valence-electron chi connectivity index (χ4n) is 1.39. The third-order valence-electron chi connectivity index (χ3n) is 2.60. The molecular formula is C13H18N2O3. The summed E-state index contributed by atoms with van der Waals surface area (Å²) in [5.41, 5.74) is 0.748. The van der Waals surface area contributed by atoms with Crippen molar-refractivity contribution in [3.63, 3.8) is 0 Å². The lowest BCUT2D eigenvalue weighted by molar-refractivity contribution is -0.133. The van der Waals surface area contributed by atoms with E-state index >= 15 is 0 Å². The van der Waals surface area contributed by atoms with Crippen LogP contribution in [0, 0.1) is 0 Å². The van der Waals surface area contributed by atoms with E-state index in [0.717, 1.165) is 5.56 Å². The van der Waals surface area contributed by atoms with Crippen LogP contribution in [-0.4, -0.2) is 42.0 Å². The Balaban J connectivity index is 2.37. The number of nitrogens with zero attached hydrogens (tertiary/aromatic N) is 1. The normalized spacial score (nSPS) is 11.7. The molecule has 2 amide bonds. The van der Waals surface area contributed by atoms with E-state index in [-0.39, 0.29) is 24.9 Å². The van der Waals surface area contributed by atoms with Crippen molar-refractivity contribution in [1.82, 2.24) is 10.2 Å². The van der Waals surface area contributed by atoms with Crippen LogP contribution in [0.1, 0.15) is 18.6 Å². The number of rotatable bonds is 5. The zero-order valence-corrected chi connectivity index (χ0v) is 10.6. The molecule has 0 spiro atoms. The molecule has 0 aliphatic heterocycles. The number of aliphatic hydroxyl groups excluding tert-OH is 1. The van der Waals surface area contributed by atoms with Gasteiger partial charge in [-0.25, -0.2) is 0 Å². The summed E-state index contributed by atoms with van der Waals surface area (Å²) in [5, 5.41) is 12.4. The van der Waals surface area contributed by atoms with Crippen LogP contribution < -0.4 is 5.32 Å². The third-order valence-corrected chi connectivity index (χ3v) is 2.60. The highest BCUT2D eigenvalue weighted by Gasteiger charge is 2.11. The monoisotopic (exact) mass is 250 g/mol. The van der Waals surface area contributed by atoms with E-state index < -0.39 is 6.10 Å². The first-order chi connectivity index (χ1) is 8.50. The second-order valence-corrected chi connectivity index (χ2v) is 4.11. The van der Waals surface area contributed by atoms with Gasteiger partial charge in [0.15, 0.2) is 0 Å². The van der Waals surface area contributed by atoms with E-state index in [0.29, 0.717) is 0 Å². The molecule has 1 atom stereocenters. The standard InChI is InChI=1S/C13H18N2O3/c1-10(16)15(2)9-13(18)14-8-12(17)11-6-4-3-5-7-11/h3-7,12,17H,8-9H2,1-2H3,(H,14,18). The highest BCUT2D eigenvalue weighted by molar-refractivity contribution is 5.83. The van der Waals surface area contributed by atoms with Crippen molar-refractivity contribution in [3.05, 3.63) is 35.9 Å². The molecule has 0 heterocycles. The fourth-order valence-corrected chi connectivity index (χ4v) is 1.39. The second kappa shape index (κ2) is 6.76. The molecule has 1 aromatic rings. The molecule has 5 nitrogen and oxygen atoms in total. The molecular weight excluding hydrogens is 232 g/mol. The predicted octanol–water partition coefficient (Wildman–Crippen LogP) is 0.315. The van der Waals surface area contributed by atoms with Gasteiger partial charge in [-0.1, -0.05) is 30.3 Å². The summed E-state index contributed by atoms with van der Waals surface area (Å²) in [4.78, 5) is 23.7. The van der Waals surface area contributed by atoms with Gasteiger partial charge in [-0.15, -0.1) is 0 Å². The topological polar surface area (TPSA) is 69.6 Å². The van der Waals surface area contributed by atoms with Gasteiger partial charge in [-0.2, -0.15) is 0 Å². The van der Waals surface area contributed by atoms with E-state index in [1.807, 2.05) is 18.2 Å². The number of carbonyl (C=O) groups is 2. The van der Waals surface area contributed by atoms with Crippen LogP contribution in [0.5, 0.6) is 0 Å². The van der Waals surface area contributed by atoms with Gasteiger partial charge in [0.2, 0.25) is 11.8 Å². The number of aliphatic hydroxyl groups is 1. The maximum absolute atomic E-state index is 11.5. The fraction of sp³-hybridized carbons (Fsp3) is 0.385. The number of hydrogen-bond acceptors (Lipinski definition) is 3. The summed E-state index contributed by atoms with van der Waals surface area (Å²) < 4.78 is 0. The molecule has 1 aromatic carbocycles. The SMILES string of the molecule is CC(=O)N(C)CC(=O)NCC(O)c1ccccc1. The first kappa shape index (κ1) is 14.2. The lowest BCUT2D eigenvalue weighted by Crippen LogP contribution is -2.38. The van der Waals surface area contributed by atoms with Crippen molar-refractivity contribution in [2.75, 3.05) is 20.1 Å². The van der Waals surface area contributed by atoms with Crippen LogP contribution in [0.2, 0.25) is 0 Å². The van der Waals surface area contributed by atoms with Gasteiger partial charge in [-0.3, -0.25) is 9.59 Å². The summed E-state index contributed by atoms with van der Waals surface area (Å²) in [6.07, 6.45) is -0.738. The maximum atomic E-state index is 11.5. The van der Waals surface area contributed by atoms with E-state index in [4.69, 9.17) is 0 Å². The first-order valence-corrected chi connectivity index (χ1v) is 5.72. The summed E-state index contributed by atoms with van der Waals surface area (Å²) in [7, 11) is 1.55. The number of carbonyl (C=O) groups excluding carboxylic acids is 2. The summed E-state index contributed by atoms with van der Waals surface area (Å²) in [6.45, 7) is 1.53. The summed E-state index contributed by atoms with van der Waals surface area (Å²) in [5.74, 6) is -0.462. The molecule has 0 radical (unpaired) electrons. The zero-order chi connectivity index (χ0) is 13.5. The van der Waals surface area contributed by atoms with Gasteiger partial charge in [0.1, 0.15) is 0 Å². The van der Waals surface area contributed by atoms with E-state index in [2.05, 4.69) is 5.32 Å². The molecule has 0 bridgehead atoms. The van der Waals surface area contributed by atoms with Crippen molar-refractivity contribution >= 4 is 11.8 Å². The Morgan fingerprint density at radius 1 is 1.33 bits per heavy atom. The van der Waals surface area contributed by atoms with Gasteiger partial charge in [0.05, 0.1) is 12.6 Å². The molecule has 0 aromatic heterocycles. The first-order valence-electron chi connectivity index (χ1n) is 5.72. The lowest BCUT2D eigenvalue weighted by Gasteiger charge is -2.16. The molecule has 0 fully saturated rings. The van der Waals surface area contributed by atoms with E-state index in [1.165, 1.54) is 11.8 Å². The molecule has 0 saturated carbocycles. The Hall–Kier alpha value is -1.88. The number of nitrogens with one attached hydrogen (secondary N) is 1. The second-order valence-electron chi connectivity index (χ2n) is 4.11. The number of likely N-dealkylation sites (N-methyl/N-ethyl adjacent to an activating group) is 1. The highest BCUT2D eigenvalue weighted by atomic mass is 16.3. The highest BCUT2D eigenvalue weighted by Crippen LogP contribution is 2.10. The minimum absolute atomic E-state index is 0.00313. The third kappa shape index (κ3) is 4.55. The van der Waals surface area contributed by atoms with E-state index in [9.17, 15) is 14.7 Å². The Kier molecular flexibility index (Phi) is 5.32. The largest absolute Gasteiger partial charge is 0.387 e. The minimum Gasteiger partial charge on any atom is -0.387 e. The zero-order valence-electron chi connectivity index (χ0n) is 10.6. The van der Waals surface area contributed by atoms with Crippen molar-refractivity contribution in [2.24, 2.45) is 0 Å². The molecule has 98 valence electrons. The lowest BCUT2D eigenvalue weighted by atomic mass is 10.1. The van der Waals surface area contributed by atoms with Gasteiger partial charge in [0.25, 0.3) is 0 Å².